The lowest BCUT2D eigenvalue weighted by atomic mass is 9.88. The largest absolute Gasteiger partial charge is 0.288 e. The Morgan fingerprint density at radius 1 is 1.53 bits per heavy atom. The average Bonchev–Trinajstić information content (AvgIpc) is 2.66. The zero-order valence-electron chi connectivity index (χ0n) is 8.98. The predicted molar refractivity (Wildman–Crippen MR) is 58.8 cm³/mol. The monoisotopic (exact) mass is 201 g/mol. The predicted octanol–water partition coefficient (Wildman–Crippen LogP) is 2.24. The summed E-state index contributed by atoms with van der Waals surface area (Å²) in [6.07, 6.45) is 8.73. The van der Waals surface area contributed by atoms with Gasteiger partial charge in [-0.3, -0.25) is 4.40 Å². The molecule has 1 aliphatic carbocycles. The van der Waals surface area contributed by atoms with E-state index in [1.165, 1.54) is 30.7 Å². The normalized spacial score (nSPS) is 20.5. The first kappa shape index (κ1) is 8.89. The Hall–Kier alpha value is -1.38. The van der Waals surface area contributed by atoms with Gasteiger partial charge >= 0.3 is 0 Å². The molecule has 0 N–H and O–H groups in total. The zero-order chi connectivity index (χ0) is 10.3. The maximum Gasteiger partial charge on any atom is 0.234 e. The second-order valence-electron chi connectivity index (χ2n) is 4.31. The number of nitrogens with zero attached hydrogens (tertiary/aromatic N) is 3. The summed E-state index contributed by atoms with van der Waals surface area (Å²) in [6, 6.07) is 1.98. The lowest BCUT2D eigenvalue weighted by molar-refractivity contribution is 0.435. The number of fused-ring (bicyclic) bond motifs is 3. The quantitative estimate of drug-likeness (QED) is 0.708. The third-order valence-corrected chi connectivity index (χ3v) is 3.43. The minimum atomic E-state index is 0.831. The van der Waals surface area contributed by atoms with Crippen molar-refractivity contribution in [1.82, 2.24) is 14.4 Å². The van der Waals surface area contributed by atoms with E-state index in [0.717, 1.165) is 18.1 Å². The van der Waals surface area contributed by atoms with Gasteiger partial charge in [0.15, 0.2) is 0 Å². The molecular weight excluding hydrogens is 186 g/mol. The second-order valence-corrected chi connectivity index (χ2v) is 4.31. The van der Waals surface area contributed by atoms with Crippen LogP contribution in [0.15, 0.2) is 18.5 Å². The number of aromatic nitrogens is 3. The Kier molecular flexibility index (Phi) is 1.97. The molecule has 0 amide bonds. The summed E-state index contributed by atoms with van der Waals surface area (Å²) in [4.78, 5) is 8.86. The molecular formula is C12H15N3. The van der Waals surface area contributed by atoms with E-state index in [9.17, 15) is 0 Å². The lowest BCUT2D eigenvalue weighted by Crippen LogP contribution is -2.14. The van der Waals surface area contributed by atoms with Crippen LogP contribution in [-0.2, 0) is 12.8 Å². The van der Waals surface area contributed by atoms with Crippen molar-refractivity contribution in [3.63, 3.8) is 0 Å². The summed E-state index contributed by atoms with van der Waals surface area (Å²) < 4.78 is 2.15. The van der Waals surface area contributed by atoms with Crippen LogP contribution >= 0.6 is 0 Å². The molecule has 0 aliphatic heterocycles. The summed E-state index contributed by atoms with van der Waals surface area (Å²) in [5, 5.41) is 0. The highest BCUT2D eigenvalue weighted by Crippen LogP contribution is 2.27. The van der Waals surface area contributed by atoms with Crippen LogP contribution in [-0.4, -0.2) is 14.4 Å². The van der Waals surface area contributed by atoms with Gasteiger partial charge in [0.1, 0.15) is 0 Å². The van der Waals surface area contributed by atoms with E-state index in [1.807, 2.05) is 12.3 Å². The molecule has 0 radical (unpaired) electrons. The first-order chi connectivity index (χ1) is 7.38. The van der Waals surface area contributed by atoms with Gasteiger partial charge in [0.25, 0.3) is 0 Å². The Labute approximate surface area is 89.2 Å². The average molecular weight is 201 g/mol. The van der Waals surface area contributed by atoms with Crippen LogP contribution in [0.1, 0.15) is 31.2 Å². The van der Waals surface area contributed by atoms with Crippen molar-refractivity contribution in [2.24, 2.45) is 5.92 Å². The molecule has 2 heterocycles. The van der Waals surface area contributed by atoms with Gasteiger partial charge in [-0.2, -0.15) is 0 Å². The van der Waals surface area contributed by atoms with Crippen LogP contribution < -0.4 is 0 Å². The zero-order valence-corrected chi connectivity index (χ0v) is 8.98. The molecule has 1 atom stereocenters. The first-order valence-corrected chi connectivity index (χ1v) is 5.69. The van der Waals surface area contributed by atoms with Crippen molar-refractivity contribution in [3.8, 4) is 0 Å². The molecule has 0 saturated carbocycles. The first-order valence-electron chi connectivity index (χ1n) is 5.69. The van der Waals surface area contributed by atoms with E-state index in [4.69, 9.17) is 0 Å². The standard InChI is InChI=1S/C12H15N3/c1-2-9-4-5-10-11(8-9)15-7-3-6-13-12(15)14-10/h3,6-7,9H,2,4-5,8H2,1H3. The molecule has 0 aromatic carbocycles. The Bertz CT molecular complexity index is 487. The minimum absolute atomic E-state index is 0.831. The summed E-state index contributed by atoms with van der Waals surface area (Å²) in [7, 11) is 0. The number of aryl methyl sites for hydroxylation is 1. The topological polar surface area (TPSA) is 30.2 Å². The third kappa shape index (κ3) is 1.34. The van der Waals surface area contributed by atoms with Crippen molar-refractivity contribution in [1.29, 1.82) is 0 Å². The van der Waals surface area contributed by atoms with Crippen LogP contribution in [0.3, 0.4) is 0 Å². The SMILES string of the molecule is CCC1CCc2nc3ncccn3c2C1. The maximum absolute atomic E-state index is 4.57. The molecule has 78 valence electrons. The Balaban J connectivity index is 2.14. The van der Waals surface area contributed by atoms with Crippen molar-refractivity contribution in [3.05, 3.63) is 29.8 Å². The molecule has 0 saturated heterocycles. The van der Waals surface area contributed by atoms with Gasteiger partial charge < -0.3 is 0 Å². The van der Waals surface area contributed by atoms with Crippen LogP contribution in [0.5, 0.6) is 0 Å². The van der Waals surface area contributed by atoms with E-state index >= 15 is 0 Å². The van der Waals surface area contributed by atoms with Gasteiger partial charge in [-0.05, 0) is 31.2 Å². The highest BCUT2D eigenvalue weighted by atomic mass is 15.1. The summed E-state index contributed by atoms with van der Waals surface area (Å²) in [5.74, 6) is 1.69. The van der Waals surface area contributed by atoms with Gasteiger partial charge in [0.05, 0.1) is 5.69 Å². The summed E-state index contributed by atoms with van der Waals surface area (Å²) in [5.41, 5.74) is 2.65. The lowest BCUT2D eigenvalue weighted by Gasteiger charge is -2.19. The van der Waals surface area contributed by atoms with Gasteiger partial charge in [0.2, 0.25) is 5.78 Å². The number of hydrogen-bond donors (Lipinski definition) is 0. The Morgan fingerprint density at radius 2 is 2.47 bits per heavy atom. The van der Waals surface area contributed by atoms with E-state index in [1.54, 1.807) is 0 Å². The minimum Gasteiger partial charge on any atom is -0.288 e. The van der Waals surface area contributed by atoms with Gasteiger partial charge in [-0.1, -0.05) is 13.3 Å². The van der Waals surface area contributed by atoms with Crippen molar-refractivity contribution >= 4 is 5.78 Å². The maximum atomic E-state index is 4.57. The molecule has 3 rings (SSSR count). The molecule has 1 unspecified atom stereocenters. The van der Waals surface area contributed by atoms with Crippen LogP contribution in [0.2, 0.25) is 0 Å². The van der Waals surface area contributed by atoms with E-state index in [2.05, 4.69) is 27.5 Å². The molecule has 2 aromatic heterocycles. The molecule has 15 heavy (non-hydrogen) atoms. The van der Waals surface area contributed by atoms with E-state index < -0.39 is 0 Å². The summed E-state index contributed by atoms with van der Waals surface area (Å²) in [6.45, 7) is 2.27. The second kappa shape index (κ2) is 3.33. The number of rotatable bonds is 1. The van der Waals surface area contributed by atoms with E-state index in [0.29, 0.717) is 0 Å². The van der Waals surface area contributed by atoms with Crippen molar-refractivity contribution in [2.75, 3.05) is 0 Å². The highest BCUT2D eigenvalue weighted by molar-refractivity contribution is 5.36. The Morgan fingerprint density at radius 3 is 3.33 bits per heavy atom. The van der Waals surface area contributed by atoms with Crippen molar-refractivity contribution in [2.45, 2.75) is 32.6 Å². The number of imidazole rings is 1. The van der Waals surface area contributed by atoms with Crippen LogP contribution in [0.25, 0.3) is 5.78 Å². The molecule has 1 aliphatic rings. The highest BCUT2D eigenvalue weighted by Gasteiger charge is 2.22. The van der Waals surface area contributed by atoms with E-state index in [-0.39, 0.29) is 0 Å². The van der Waals surface area contributed by atoms with Gasteiger partial charge in [0, 0.05) is 18.1 Å². The fourth-order valence-electron chi connectivity index (χ4n) is 2.46. The van der Waals surface area contributed by atoms with Gasteiger partial charge in [-0.25, -0.2) is 9.97 Å². The van der Waals surface area contributed by atoms with Crippen LogP contribution in [0, 0.1) is 5.92 Å². The third-order valence-electron chi connectivity index (χ3n) is 3.43. The van der Waals surface area contributed by atoms with Crippen molar-refractivity contribution < 1.29 is 0 Å². The molecule has 2 aromatic rings. The number of hydrogen-bond acceptors (Lipinski definition) is 2. The van der Waals surface area contributed by atoms with Crippen LogP contribution in [0.4, 0.5) is 0 Å². The molecule has 3 nitrogen and oxygen atoms in total. The summed E-state index contributed by atoms with van der Waals surface area (Å²) >= 11 is 0. The molecule has 0 spiro atoms. The smallest absolute Gasteiger partial charge is 0.234 e. The molecule has 0 bridgehead atoms. The fourth-order valence-corrected chi connectivity index (χ4v) is 2.46. The fraction of sp³-hybridized carbons (Fsp3) is 0.500. The molecule has 3 heteroatoms. The molecule has 0 fully saturated rings. The van der Waals surface area contributed by atoms with Gasteiger partial charge in [-0.15, -0.1) is 0 Å².